The predicted molar refractivity (Wildman–Crippen MR) is 130 cm³/mol. The van der Waals surface area contributed by atoms with Gasteiger partial charge in [-0.05, 0) is 38.5 Å². The summed E-state index contributed by atoms with van der Waals surface area (Å²) in [6.07, 6.45) is 0. The maximum atomic E-state index is 12.3. The summed E-state index contributed by atoms with van der Waals surface area (Å²) in [6, 6.07) is 7.47. The summed E-state index contributed by atoms with van der Waals surface area (Å²) in [5.74, 6) is 1.33. The van der Waals surface area contributed by atoms with Gasteiger partial charge >= 0.3 is 0 Å². The van der Waals surface area contributed by atoms with Crippen molar-refractivity contribution < 1.29 is 17.9 Å². The Morgan fingerprint density at radius 2 is 2.03 bits per heavy atom. The quantitative estimate of drug-likeness (QED) is 0.329. The first-order chi connectivity index (χ1) is 13.6. The van der Waals surface area contributed by atoms with Gasteiger partial charge in [0.05, 0.1) is 17.0 Å². The van der Waals surface area contributed by atoms with Crippen molar-refractivity contribution in [3.05, 3.63) is 29.8 Å². The van der Waals surface area contributed by atoms with Gasteiger partial charge in [0.25, 0.3) is 5.91 Å². The molecule has 1 fully saturated rings. The predicted octanol–water partition coefficient (Wildman–Crippen LogP) is 1.75. The van der Waals surface area contributed by atoms with Crippen LogP contribution in [0.25, 0.3) is 0 Å². The van der Waals surface area contributed by atoms with Crippen LogP contribution in [-0.2, 0) is 21.2 Å². The number of ether oxygens (including phenoxy) is 1. The highest BCUT2D eigenvalue weighted by molar-refractivity contribution is 14.0. The molecule has 0 radical (unpaired) electrons. The van der Waals surface area contributed by atoms with Crippen LogP contribution in [0.15, 0.2) is 29.3 Å². The first kappa shape index (κ1) is 26.5. The number of benzene rings is 1. The van der Waals surface area contributed by atoms with Crippen molar-refractivity contribution in [2.24, 2.45) is 4.99 Å². The maximum Gasteiger partial charge on any atom is 0.259 e. The molecule has 1 amide bonds. The molecule has 1 saturated heterocycles. The highest BCUT2D eigenvalue weighted by Crippen LogP contribution is 2.24. The maximum absolute atomic E-state index is 12.3. The van der Waals surface area contributed by atoms with Crippen LogP contribution in [0.1, 0.15) is 26.3 Å². The second-order valence-electron chi connectivity index (χ2n) is 7.89. The summed E-state index contributed by atoms with van der Waals surface area (Å²) in [5, 5.41) is 3.25. The van der Waals surface area contributed by atoms with Crippen molar-refractivity contribution in [1.82, 2.24) is 15.1 Å². The molecule has 0 bridgehead atoms. The molecule has 0 aromatic heterocycles. The van der Waals surface area contributed by atoms with Gasteiger partial charge in [0.2, 0.25) is 0 Å². The van der Waals surface area contributed by atoms with E-state index in [1.807, 2.05) is 30.0 Å². The molecule has 1 aromatic carbocycles. The summed E-state index contributed by atoms with van der Waals surface area (Å²) < 4.78 is 29.3. The van der Waals surface area contributed by atoms with Crippen LogP contribution >= 0.6 is 24.0 Å². The minimum atomic E-state index is -3.11. The molecule has 1 aliphatic rings. The molecule has 0 aliphatic carbocycles. The Morgan fingerprint density at radius 3 is 2.63 bits per heavy atom. The van der Waals surface area contributed by atoms with Gasteiger partial charge in [-0.1, -0.05) is 12.1 Å². The van der Waals surface area contributed by atoms with Gasteiger partial charge in [-0.15, -0.1) is 24.0 Å². The first-order valence-corrected chi connectivity index (χ1v) is 11.4. The SMILES string of the molecule is CCNC(=NCc1cccc(OCC(=O)N(C)C)c1)N1CCS(=O)(=O)C(C)(C)C1.I. The van der Waals surface area contributed by atoms with Crippen LogP contribution in [0.4, 0.5) is 0 Å². The minimum Gasteiger partial charge on any atom is -0.484 e. The summed E-state index contributed by atoms with van der Waals surface area (Å²) in [4.78, 5) is 19.9. The van der Waals surface area contributed by atoms with Crippen molar-refractivity contribution in [1.29, 1.82) is 0 Å². The highest BCUT2D eigenvalue weighted by Gasteiger charge is 2.40. The molecule has 0 saturated carbocycles. The van der Waals surface area contributed by atoms with Crippen LogP contribution in [0.2, 0.25) is 0 Å². The van der Waals surface area contributed by atoms with Gasteiger partial charge in [-0.25, -0.2) is 13.4 Å². The van der Waals surface area contributed by atoms with Crippen molar-refractivity contribution >= 4 is 45.7 Å². The van der Waals surface area contributed by atoms with Gasteiger partial charge in [0.1, 0.15) is 5.75 Å². The summed E-state index contributed by atoms with van der Waals surface area (Å²) in [6.45, 7) is 7.42. The zero-order valence-corrected chi connectivity index (χ0v) is 21.5. The zero-order chi connectivity index (χ0) is 21.7. The van der Waals surface area contributed by atoms with E-state index in [1.54, 1.807) is 34.0 Å². The Balaban J connectivity index is 0.00000450. The van der Waals surface area contributed by atoms with Gasteiger partial charge in [0.15, 0.2) is 22.4 Å². The highest BCUT2D eigenvalue weighted by atomic mass is 127. The molecule has 1 aliphatic heterocycles. The second kappa shape index (κ2) is 11.2. The Kier molecular flexibility index (Phi) is 9.86. The second-order valence-corrected chi connectivity index (χ2v) is 10.6. The van der Waals surface area contributed by atoms with Gasteiger partial charge in [-0.3, -0.25) is 4.79 Å². The molecule has 1 heterocycles. The third-order valence-electron chi connectivity index (χ3n) is 4.85. The van der Waals surface area contributed by atoms with Crippen LogP contribution in [0, 0.1) is 0 Å². The normalized spacial score (nSPS) is 17.6. The van der Waals surface area contributed by atoms with E-state index in [4.69, 9.17) is 9.73 Å². The van der Waals surface area contributed by atoms with E-state index in [0.29, 0.717) is 37.9 Å². The van der Waals surface area contributed by atoms with E-state index in [9.17, 15) is 13.2 Å². The number of sulfone groups is 1. The average Bonchev–Trinajstić information content (AvgIpc) is 2.65. The van der Waals surface area contributed by atoms with Gasteiger partial charge in [0, 0.05) is 33.7 Å². The summed E-state index contributed by atoms with van der Waals surface area (Å²) >= 11 is 0. The van der Waals surface area contributed by atoms with Crippen molar-refractivity contribution in [2.75, 3.05) is 46.1 Å². The van der Waals surface area contributed by atoms with E-state index in [-0.39, 0.29) is 42.2 Å². The summed E-state index contributed by atoms with van der Waals surface area (Å²) in [7, 11) is 0.267. The molecular weight excluding hydrogens is 519 g/mol. The van der Waals surface area contributed by atoms with Crippen molar-refractivity contribution in [3.8, 4) is 5.75 Å². The number of hydrogen-bond acceptors (Lipinski definition) is 5. The van der Waals surface area contributed by atoms with E-state index in [2.05, 4.69) is 5.32 Å². The number of rotatable bonds is 6. The molecular formula is C20H33IN4O4S. The number of aliphatic imine (C=N–C) groups is 1. The average molecular weight is 552 g/mol. The lowest BCUT2D eigenvalue weighted by molar-refractivity contribution is -0.130. The van der Waals surface area contributed by atoms with Crippen LogP contribution < -0.4 is 10.1 Å². The molecule has 1 N–H and O–H groups in total. The smallest absolute Gasteiger partial charge is 0.259 e. The molecule has 170 valence electrons. The van der Waals surface area contributed by atoms with Crippen molar-refractivity contribution in [2.45, 2.75) is 32.1 Å². The number of hydrogen-bond donors (Lipinski definition) is 1. The number of halogens is 1. The topological polar surface area (TPSA) is 91.3 Å². The van der Waals surface area contributed by atoms with Gasteiger partial charge < -0.3 is 19.9 Å². The minimum absolute atomic E-state index is 0. The Hall–Kier alpha value is -1.56. The largest absolute Gasteiger partial charge is 0.484 e. The number of nitrogens with zero attached hydrogens (tertiary/aromatic N) is 3. The standard InChI is InChI=1S/C20H32N4O4S.HI/c1-6-21-19(24-10-11-29(26,27)20(2,3)15-24)22-13-16-8-7-9-17(12-16)28-14-18(25)23(4)5;/h7-9,12H,6,10-11,13-15H2,1-5H3,(H,21,22);1H. The molecule has 0 atom stereocenters. The molecule has 10 heteroatoms. The Bertz CT molecular complexity index is 856. The Labute approximate surface area is 197 Å². The lowest BCUT2D eigenvalue weighted by Crippen LogP contribution is -2.57. The monoisotopic (exact) mass is 552 g/mol. The molecule has 2 rings (SSSR count). The summed E-state index contributed by atoms with van der Waals surface area (Å²) in [5.41, 5.74) is 0.944. The molecule has 0 unspecified atom stereocenters. The number of carbonyl (C=O) groups excluding carboxylic acids is 1. The molecule has 0 spiro atoms. The van der Waals surface area contributed by atoms with E-state index < -0.39 is 14.6 Å². The number of guanidine groups is 1. The third-order valence-corrected chi connectivity index (χ3v) is 7.38. The fourth-order valence-electron chi connectivity index (χ4n) is 2.92. The zero-order valence-electron chi connectivity index (χ0n) is 18.3. The molecule has 1 aromatic rings. The van der Waals surface area contributed by atoms with Gasteiger partial charge in [-0.2, -0.15) is 0 Å². The van der Waals surface area contributed by atoms with Crippen LogP contribution in [-0.4, -0.2) is 80.9 Å². The number of amides is 1. The number of carbonyl (C=O) groups is 1. The van der Waals surface area contributed by atoms with E-state index in [1.165, 1.54) is 4.90 Å². The molecule has 30 heavy (non-hydrogen) atoms. The molecule has 8 nitrogen and oxygen atoms in total. The number of nitrogens with one attached hydrogen (secondary N) is 1. The van der Waals surface area contributed by atoms with E-state index >= 15 is 0 Å². The Morgan fingerprint density at radius 1 is 1.33 bits per heavy atom. The lowest BCUT2D eigenvalue weighted by Gasteiger charge is -2.39. The van der Waals surface area contributed by atoms with Crippen LogP contribution in [0.5, 0.6) is 5.75 Å². The fraction of sp³-hybridized carbons (Fsp3) is 0.600. The first-order valence-electron chi connectivity index (χ1n) is 9.73. The van der Waals surface area contributed by atoms with Crippen molar-refractivity contribution in [3.63, 3.8) is 0 Å². The van der Waals surface area contributed by atoms with E-state index in [0.717, 1.165) is 5.56 Å². The lowest BCUT2D eigenvalue weighted by atomic mass is 10.2. The third kappa shape index (κ3) is 7.00. The van der Waals surface area contributed by atoms with Crippen LogP contribution in [0.3, 0.4) is 0 Å². The fourth-order valence-corrected chi connectivity index (χ4v) is 4.29. The number of likely N-dealkylation sites (N-methyl/N-ethyl adjacent to an activating group) is 1.